The Labute approximate surface area is 102 Å². The van der Waals surface area contributed by atoms with Crippen LogP contribution in [0.4, 0.5) is 0 Å². The van der Waals surface area contributed by atoms with Gasteiger partial charge in [-0.3, -0.25) is 0 Å². The quantitative estimate of drug-likeness (QED) is 0.697. The first-order valence-corrected chi connectivity index (χ1v) is 8.38. The standard InChI is InChI=1S/C12H27NO2Si/c1-4-14-16(15-5-2)11(3)13-12-9-7-6-8-10-12/h11-13,16H,4-10H2,1-3H3. The summed E-state index contributed by atoms with van der Waals surface area (Å²) in [6.45, 7) is 7.86. The van der Waals surface area contributed by atoms with Crippen molar-refractivity contribution < 1.29 is 8.85 Å². The zero-order valence-electron chi connectivity index (χ0n) is 11.0. The van der Waals surface area contributed by atoms with Crippen molar-refractivity contribution in [2.75, 3.05) is 13.2 Å². The molecule has 0 amide bonds. The summed E-state index contributed by atoms with van der Waals surface area (Å²) in [5.74, 6) is 0. The third-order valence-electron chi connectivity index (χ3n) is 3.17. The molecule has 0 aliphatic heterocycles. The van der Waals surface area contributed by atoms with Crippen molar-refractivity contribution in [2.24, 2.45) is 0 Å². The Bertz CT molecular complexity index is 168. The van der Waals surface area contributed by atoms with Crippen LogP contribution in [0.5, 0.6) is 0 Å². The summed E-state index contributed by atoms with van der Waals surface area (Å²) < 4.78 is 11.5. The normalized spacial score (nSPS) is 20.2. The molecular formula is C12H27NO2Si. The number of hydrogen-bond donors (Lipinski definition) is 1. The van der Waals surface area contributed by atoms with Crippen LogP contribution in [0.1, 0.15) is 52.9 Å². The average Bonchev–Trinajstić information content (AvgIpc) is 2.30. The van der Waals surface area contributed by atoms with Crippen LogP contribution in [0.2, 0.25) is 0 Å². The Balaban J connectivity index is 2.31. The molecule has 1 aliphatic carbocycles. The van der Waals surface area contributed by atoms with Crippen LogP contribution in [0.25, 0.3) is 0 Å². The molecule has 1 atom stereocenters. The van der Waals surface area contributed by atoms with E-state index in [-0.39, 0.29) is 0 Å². The van der Waals surface area contributed by atoms with Crippen molar-refractivity contribution in [3.05, 3.63) is 0 Å². The fourth-order valence-corrected chi connectivity index (χ4v) is 4.14. The third kappa shape index (κ3) is 4.95. The van der Waals surface area contributed by atoms with Crippen LogP contribution < -0.4 is 5.32 Å². The van der Waals surface area contributed by atoms with Gasteiger partial charge < -0.3 is 14.2 Å². The SMILES string of the molecule is CCO[SiH](OCC)C(C)NC1CCCCC1. The first-order valence-electron chi connectivity index (χ1n) is 6.77. The minimum absolute atomic E-state index is 0.419. The molecule has 1 saturated carbocycles. The summed E-state index contributed by atoms with van der Waals surface area (Å²) in [6, 6.07) is 0.694. The molecule has 3 nitrogen and oxygen atoms in total. The third-order valence-corrected chi connectivity index (χ3v) is 5.51. The molecule has 0 aromatic carbocycles. The van der Waals surface area contributed by atoms with Crippen LogP contribution in [0.3, 0.4) is 0 Å². The van der Waals surface area contributed by atoms with Gasteiger partial charge in [-0.1, -0.05) is 19.3 Å². The Kier molecular flexibility index (Phi) is 7.28. The van der Waals surface area contributed by atoms with Crippen molar-refractivity contribution in [1.82, 2.24) is 5.32 Å². The lowest BCUT2D eigenvalue weighted by Gasteiger charge is -2.29. The molecule has 0 radical (unpaired) electrons. The fourth-order valence-electron chi connectivity index (χ4n) is 2.38. The van der Waals surface area contributed by atoms with Gasteiger partial charge in [-0.05, 0) is 33.6 Å². The van der Waals surface area contributed by atoms with Gasteiger partial charge in [-0.15, -0.1) is 0 Å². The second-order valence-electron chi connectivity index (χ2n) is 4.57. The van der Waals surface area contributed by atoms with Crippen LogP contribution in [-0.2, 0) is 8.85 Å². The molecule has 1 rings (SSSR count). The van der Waals surface area contributed by atoms with Crippen LogP contribution in [0, 0.1) is 0 Å². The average molecular weight is 245 g/mol. The van der Waals surface area contributed by atoms with E-state index < -0.39 is 9.28 Å². The van der Waals surface area contributed by atoms with Crippen LogP contribution in [0.15, 0.2) is 0 Å². The highest BCUT2D eigenvalue weighted by Gasteiger charge is 2.24. The highest BCUT2D eigenvalue weighted by atomic mass is 28.3. The second-order valence-corrected chi connectivity index (χ2v) is 6.97. The maximum atomic E-state index is 5.74. The number of hydrogen-bond acceptors (Lipinski definition) is 3. The summed E-state index contributed by atoms with van der Waals surface area (Å²) in [7, 11) is -1.51. The molecule has 1 N–H and O–H groups in total. The molecule has 0 aromatic rings. The minimum atomic E-state index is -1.51. The van der Waals surface area contributed by atoms with E-state index in [1.807, 2.05) is 13.8 Å². The van der Waals surface area contributed by atoms with Gasteiger partial charge >= 0.3 is 9.28 Å². The van der Waals surface area contributed by atoms with Crippen molar-refractivity contribution in [3.8, 4) is 0 Å². The predicted octanol–water partition coefficient (Wildman–Crippen LogP) is 2.13. The van der Waals surface area contributed by atoms with E-state index >= 15 is 0 Å². The van der Waals surface area contributed by atoms with Gasteiger partial charge in [0.25, 0.3) is 0 Å². The van der Waals surface area contributed by atoms with Gasteiger partial charge in [-0.2, -0.15) is 0 Å². The van der Waals surface area contributed by atoms with E-state index in [0.29, 0.717) is 11.7 Å². The van der Waals surface area contributed by atoms with Crippen LogP contribution >= 0.6 is 0 Å². The summed E-state index contributed by atoms with van der Waals surface area (Å²) in [5, 5.41) is 3.70. The zero-order valence-corrected chi connectivity index (χ0v) is 12.2. The number of nitrogens with one attached hydrogen (secondary N) is 1. The Morgan fingerprint density at radius 1 is 1.12 bits per heavy atom. The van der Waals surface area contributed by atoms with Gasteiger partial charge in [0.1, 0.15) is 0 Å². The molecule has 96 valence electrons. The van der Waals surface area contributed by atoms with Crippen molar-refractivity contribution in [1.29, 1.82) is 0 Å². The zero-order chi connectivity index (χ0) is 11.8. The Hall–Kier alpha value is 0.0969. The van der Waals surface area contributed by atoms with Gasteiger partial charge in [0.2, 0.25) is 0 Å². The molecule has 1 aliphatic rings. The fraction of sp³-hybridized carbons (Fsp3) is 1.00. The number of rotatable bonds is 7. The maximum Gasteiger partial charge on any atom is 0.338 e. The smallest absolute Gasteiger partial charge is 0.338 e. The highest BCUT2D eigenvalue weighted by Crippen LogP contribution is 2.18. The van der Waals surface area contributed by atoms with E-state index in [4.69, 9.17) is 8.85 Å². The van der Waals surface area contributed by atoms with Crippen molar-refractivity contribution >= 4 is 9.28 Å². The monoisotopic (exact) mass is 245 g/mol. The largest absolute Gasteiger partial charge is 0.396 e. The molecular weight excluding hydrogens is 218 g/mol. The van der Waals surface area contributed by atoms with Gasteiger partial charge in [-0.25, -0.2) is 0 Å². The lowest BCUT2D eigenvalue weighted by molar-refractivity contribution is 0.196. The molecule has 4 heteroatoms. The summed E-state index contributed by atoms with van der Waals surface area (Å²) in [4.78, 5) is 0. The summed E-state index contributed by atoms with van der Waals surface area (Å²) in [6.07, 6.45) is 6.80. The Morgan fingerprint density at radius 2 is 1.69 bits per heavy atom. The molecule has 0 bridgehead atoms. The van der Waals surface area contributed by atoms with E-state index in [1.165, 1.54) is 32.1 Å². The highest BCUT2D eigenvalue weighted by molar-refractivity contribution is 6.46. The summed E-state index contributed by atoms with van der Waals surface area (Å²) >= 11 is 0. The van der Waals surface area contributed by atoms with E-state index in [0.717, 1.165) is 13.2 Å². The molecule has 0 aromatic heterocycles. The summed E-state index contributed by atoms with van der Waals surface area (Å²) in [5.41, 5.74) is 0.419. The molecule has 16 heavy (non-hydrogen) atoms. The van der Waals surface area contributed by atoms with Gasteiger partial charge in [0, 0.05) is 24.9 Å². The van der Waals surface area contributed by atoms with Crippen molar-refractivity contribution in [3.63, 3.8) is 0 Å². The topological polar surface area (TPSA) is 30.5 Å². The minimum Gasteiger partial charge on any atom is -0.396 e. The van der Waals surface area contributed by atoms with E-state index in [1.54, 1.807) is 0 Å². The van der Waals surface area contributed by atoms with Crippen molar-refractivity contribution in [2.45, 2.75) is 64.6 Å². The predicted molar refractivity (Wildman–Crippen MR) is 69.9 cm³/mol. The van der Waals surface area contributed by atoms with E-state index in [9.17, 15) is 0 Å². The Morgan fingerprint density at radius 3 is 2.19 bits per heavy atom. The first kappa shape index (κ1) is 14.2. The second kappa shape index (κ2) is 8.23. The molecule has 1 fully saturated rings. The lowest BCUT2D eigenvalue weighted by atomic mass is 9.96. The molecule has 1 unspecified atom stereocenters. The van der Waals surface area contributed by atoms with Crippen LogP contribution in [-0.4, -0.2) is 34.2 Å². The molecule has 0 heterocycles. The van der Waals surface area contributed by atoms with E-state index in [2.05, 4.69) is 12.2 Å². The van der Waals surface area contributed by atoms with Gasteiger partial charge in [0.15, 0.2) is 0 Å². The van der Waals surface area contributed by atoms with Gasteiger partial charge in [0.05, 0.1) is 0 Å². The lowest BCUT2D eigenvalue weighted by Crippen LogP contribution is -2.49. The molecule has 0 saturated heterocycles. The maximum absolute atomic E-state index is 5.74. The molecule has 0 spiro atoms. The first-order chi connectivity index (χ1) is 7.77.